The topological polar surface area (TPSA) is 96.3 Å². The summed E-state index contributed by atoms with van der Waals surface area (Å²) in [6, 6.07) is 3.01. The zero-order valence-corrected chi connectivity index (χ0v) is 14.5. The first-order valence-electron chi connectivity index (χ1n) is 7.07. The van der Waals surface area contributed by atoms with Crippen molar-refractivity contribution >= 4 is 58.3 Å². The average Bonchev–Trinajstić information content (AvgIpc) is 3.08. The number of carbonyl (C=O) groups is 4. The Morgan fingerprint density at radius 1 is 1.16 bits per heavy atom. The minimum atomic E-state index is -1.23. The lowest BCUT2D eigenvalue weighted by molar-refractivity contribution is -0.136. The number of benzene rings is 1. The van der Waals surface area contributed by atoms with Gasteiger partial charge < -0.3 is 4.74 Å². The predicted octanol–water partition coefficient (Wildman–Crippen LogP) is 1.24. The van der Waals surface area contributed by atoms with Gasteiger partial charge in [-0.15, -0.1) is 0 Å². The molecule has 0 saturated carbocycles. The number of halogens is 2. The van der Waals surface area contributed by atoms with E-state index in [4.69, 9.17) is 23.2 Å². The number of methoxy groups -OCH3 is 1. The molecule has 1 aromatic carbocycles. The molecule has 3 amide bonds. The summed E-state index contributed by atoms with van der Waals surface area (Å²) in [7, 11) is 1.12. The maximum atomic E-state index is 12.8. The molecule has 2 heterocycles. The minimum absolute atomic E-state index is 0.155. The highest BCUT2D eigenvalue weighted by Crippen LogP contribution is 2.37. The number of hydrogen-bond donors (Lipinski definition) is 0. The Labute approximate surface area is 151 Å². The van der Waals surface area contributed by atoms with E-state index in [0.29, 0.717) is 0 Å². The number of hydrazone groups is 1. The molecule has 25 heavy (non-hydrogen) atoms. The zero-order chi connectivity index (χ0) is 18.5. The second-order valence-electron chi connectivity index (χ2n) is 5.37. The molecule has 130 valence electrons. The Hall–Kier alpha value is -2.45. The van der Waals surface area contributed by atoms with Crippen LogP contribution >= 0.6 is 23.2 Å². The largest absolute Gasteiger partial charge is 0.464 e. The van der Waals surface area contributed by atoms with Crippen LogP contribution in [0.2, 0.25) is 10.0 Å². The Kier molecular flexibility index (Phi) is 4.26. The number of rotatable bonds is 2. The molecule has 1 saturated heterocycles. The molecule has 0 unspecified atom stereocenters. The standard InChI is InChI=1S/C15H11Cl2N3O5/c1-6(21)20-12-10(11(18-20)15(24)25-2)13(22)19(14(12)23)7-3-4-8(16)9(17)5-7/h3-5,10,12H,1-2H3/t10-,12-/m0/s1. The second kappa shape index (κ2) is 6.12. The van der Waals surface area contributed by atoms with Crippen molar-refractivity contribution in [1.29, 1.82) is 0 Å². The maximum Gasteiger partial charge on any atom is 0.355 e. The SMILES string of the molecule is COC(=O)C1=NN(C(C)=O)[C@@H]2C(=O)N(c3ccc(Cl)c(Cl)c3)C(=O)[C@@H]12. The van der Waals surface area contributed by atoms with Crippen LogP contribution < -0.4 is 4.90 Å². The number of amides is 3. The Morgan fingerprint density at radius 2 is 1.84 bits per heavy atom. The molecule has 3 rings (SSSR count). The van der Waals surface area contributed by atoms with Crippen LogP contribution in [0.25, 0.3) is 0 Å². The third-order valence-corrected chi connectivity index (χ3v) is 4.67. The second-order valence-corrected chi connectivity index (χ2v) is 6.19. The lowest BCUT2D eigenvalue weighted by atomic mass is 9.98. The summed E-state index contributed by atoms with van der Waals surface area (Å²) in [5.41, 5.74) is -0.102. The highest BCUT2D eigenvalue weighted by atomic mass is 35.5. The van der Waals surface area contributed by atoms with Crippen molar-refractivity contribution in [2.45, 2.75) is 13.0 Å². The quantitative estimate of drug-likeness (QED) is 0.565. The van der Waals surface area contributed by atoms with E-state index in [9.17, 15) is 19.2 Å². The predicted molar refractivity (Wildman–Crippen MR) is 88.2 cm³/mol. The first kappa shape index (κ1) is 17.4. The van der Waals surface area contributed by atoms with Gasteiger partial charge in [0.15, 0.2) is 11.8 Å². The van der Waals surface area contributed by atoms with E-state index in [1.165, 1.54) is 25.1 Å². The van der Waals surface area contributed by atoms with Crippen LogP contribution in [0.1, 0.15) is 6.92 Å². The minimum Gasteiger partial charge on any atom is -0.464 e. The summed E-state index contributed by atoms with van der Waals surface area (Å²) in [6.07, 6.45) is 0. The number of fused-ring (bicyclic) bond motifs is 1. The van der Waals surface area contributed by atoms with Crippen molar-refractivity contribution in [1.82, 2.24) is 5.01 Å². The van der Waals surface area contributed by atoms with Gasteiger partial charge in [0.25, 0.3) is 5.91 Å². The molecule has 0 bridgehead atoms. The normalized spacial score (nSPS) is 22.2. The molecule has 0 aliphatic carbocycles. The van der Waals surface area contributed by atoms with Crippen molar-refractivity contribution in [2.24, 2.45) is 11.0 Å². The van der Waals surface area contributed by atoms with Gasteiger partial charge in [-0.1, -0.05) is 23.2 Å². The molecule has 0 N–H and O–H groups in total. The highest BCUT2D eigenvalue weighted by molar-refractivity contribution is 6.47. The number of anilines is 1. The van der Waals surface area contributed by atoms with Crippen LogP contribution in [0.15, 0.2) is 23.3 Å². The molecule has 10 heteroatoms. The van der Waals surface area contributed by atoms with Gasteiger partial charge in [0.2, 0.25) is 11.8 Å². The number of nitrogens with zero attached hydrogens (tertiary/aromatic N) is 3. The first-order chi connectivity index (χ1) is 11.8. The fraction of sp³-hybridized carbons (Fsp3) is 0.267. The van der Waals surface area contributed by atoms with Crippen LogP contribution in [0, 0.1) is 5.92 Å². The maximum absolute atomic E-state index is 12.8. The molecule has 2 atom stereocenters. The van der Waals surface area contributed by atoms with Crippen molar-refractivity contribution in [2.75, 3.05) is 12.0 Å². The van der Waals surface area contributed by atoms with E-state index in [2.05, 4.69) is 9.84 Å². The summed E-state index contributed by atoms with van der Waals surface area (Å²) in [4.78, 5) is 50.1. The van der Waals surface area contributed by atoms with E-state index in [0.717, 1.165) is 17.0 Å². The third-order valence-electron chi connectivity index (χ3n) is 3.93. The molecule has 0 aromatic heterocycles. The van der Waals surface area contributed by atoms with Gasteiger partial charge in [0.05, 0.1) is 22.8 Å². The van der Waals surface area contributed by atoms with Gasteiger partial charge in [0.1, 0.15) is 5.92 Å². The van der Waals surface area contributed by atoms with E-state index in [1.54, 1.807) is 0 Å². The fourth-order valence-electron chi connectivity index (χ4n) is 2.83. The van der Waals surface area contributed by atoms with Crippen LogP contribution in [-0.2, 0) is 23.9 Å². The summed E-state index contributed by atoms with van der Waals surface area (Å²) < 4.78 is 4.60. The number of hydrogen-bond acceptors (Lipinski definition) is 6. The van der Waals surface area contributed by atoms with Crippen molar-refractivity contribution in [3.05, 3.63) is 28.2 Å². The van der Waals surface area contributed by atoms with Crippen LogP contribution in [0.5, 0.6) is 0 Å². The summed E-state index contributed by atoms with van der Waals surface area (Å²) >= 11 is 11.8. The summed E-state index contributed by atoms with van der Waals surface area (Å²) in [5, 5.41) is 5.05. The van der Waals surface area contributed by atoms with Crippen LogP contribution in [0.4, 0.5) is 5.69 Å². The van der Waals surface area contributed by atoms with Gasteiger partial charge >= 0.3 is 5.97 Å². The molecule has 8 nitrogen and oxygen atoms in total. The molecule has 1 aromatic rings. The number of ether oxygens (including phenoxy) is 1. The molecular formula is C15H11Cl2N3O5. The van der Waals surface area contributed by atoms with Crippen LogP contribution in [0.3, 0.4) is 0 Å². The average molecular weight is 384 g/mol. The highest BCUT2D eigenvalue weighted by Gasteiger charge is 2.59. The molecular weight excluding hydrogens is 373 g/mol. The summed E-state index contributed by atoms with van der Waals surface area (Å²) in [5.74, 6) is -4.06. The van der Waals surface area contributed by atoms with Gasteiger partial charge in [-0.05, 0) is 18.2 Å². The lowest BCUT2D eigenvalue weighted by Gasteiger charge is -2.19. The smallest absolute Gasteiger partial charge is 0.355 e. The van der Waals surface area contributed by atoms with Gasteiger partial charge in [-0.25, -0.2) is 14.7 Å². The molecule has 0 spiro atoms. The van der Waals surface area contributed by atoms with E-state index < -0.39 is 35.7 Å². The monoisotopic (exact) mass is 383 g/mol. The van der Waals surface area contributed by atoms with E-state index in [1.807, 2.05) is 0 Å². The Bertz CT molecular complexity index is 854. The first-order valence-corrected chi connectivity index (χ1v) is 7.83. The zero-order valence-electron chi connectivity index (χ0n) is 13.0. The van der Waals surface area contributed by atoms with Gasteiger partial charge in [-0.2, -0.15) is 5.10 Å². The van der Waals surface area contributed by atoms with Crippen molar-refractivity contribution in [3.63, 3.8) is 0 Å². The number of esters is 1. The molecule has 2 aliphatic heterocycles. The summed E-state index contributed by atoms with van der Waals surface area (Å²) in [6.45, 7) is 1.18. The Balaban J connectivity index is 2.07. The third kappa shape index (κ3) is 2.58. The lowest BCUT2D eigenvalue weighted by Crippen LogP contribution is -2.41. The van der Waals surface area contributed by atoms with Gasteiger partial charge in [0, 0.05) is 6.92 Å². The van der Waals surface area contributed by atoms with Crippen molar-refractivity contribution < 1.29 is 23.9 Å². The molecule has 1 fully saturated rings. The van der Waals surface area contributed by atoms with Crippen LogP contribution in [-0.4, -0.2) is 47.6 Å². The fourth-order valence-corrected chi connectivity index (χ4v) is 3.12. The molecule has 0 radical (unpaired) electrons. The number of imide groups is 1. The van der Waals surface area contributed by atoms with E-state index >= 15 is 0 Å². The van der Waals surface area contributed by atoms with Crippen molar-refractivity contribution in [3.8, 4) is 0 Å². The van der Waals surface area contributed by atoms with Gasteiger partial charge in [-0.3, -0.25) is 14.4 Å². The number of carbonyl (C=O) groups excluding carboxylic acids is 4. The van der Waals surface area contributed by atoms with E-state index in [-0.39, 0.29) is 21.4 Å². The molecule has 2 aliphatic rings. The Morgan fingerprint density at radius 3 is 2.40 bits per heavy atom.